The Bertz CT molecular complexity index is 510. The lowest BCUT2D eigenvalue weighted by atomic mass is 10.1. The van der Waals surface area contributed by atoms with Crippen molar-refractivity contribution in [2.45, 2.75) is 18.9 Å². The van der Waals surface area contributed by atoms with Crippen LogP contribution in [0.4, 0.5) is 0 Å². The van der Waals surface area contributed by atoms with Crippen molar-refractivity contribution in [1.29, 1.82) is 0 Å². The summed E-state index contributed by atoms with van der Waals surface area (Å²) in [5, 5.41) is 9.64. The molecular formula is C10H12N6OS. The van der Waals surface area contributed by atoms with Crippen LogP contribution in [-0.2, 0) is 0 Å². The van der Waals surface area contributed by atoms with Gasteiger partial charge in [-0.1, -0.05) is 4.49 Å². The second-order valence-electron chi connectivity index (χ2n) is 4.21. The van der Waals surface area contributed by atoms with Crippen molar-refractivity contribution in [3.05, 3.63) is 23.7 Å². The lowest BCUT2D eigenvalue weighted by Crippen LogP contribution is -2.41. The maximum atomic E-state index is 12.2. The molecular weight excluding hydrogens is 252 g/mol. The number of carbonyl (C=O) groups excluding carboxylic acids is 1. The number of amides is 1. The molecule has 1 saturated heterocycles. The highest BCUT2D eigenvalue weighted by atomic mass is 32.1. The highest BCUT2D eigenvalue weighted by molar-refractivity contribution is 7.03. The third-order valence-corrected chi connectivity index (χ3v) is 3.58. The SMILES string of the molecule is O=C(c1csnn1)N1CCC[C@H](n2cncn2)C1. The quantitative estimate of drug-likeness (QED) is 0.794. The fourth-order valence-corrected chi connectivity index (χ4v) is 2.61. The predicted octanol–water partition coefficient (Wildman–Crippen LogP) is 0.607. The van der Waals surface area contributed by atoms with Gasteiger partial charge in [0.05, 0.1) is 6.04 Å². The van der Waals surface area contributed by atoms with Crippen LogP contribution in [0.1, 0.15) is 29.4 Å². The first-order valence-electron chi connectivity index (χ1n) is 5.75. The summed E-state index contributed by atoms with van der Waals surface area (Å²) in [6.45, 7) is 1.42. The summed E-state index contributed by atoms with van der Waals surface area (Å²) >= 11 is 1.19. The highest BCUT2D eigenvalue weighted by Gasteiger charge is 2.26. The first kappa shape index (κ1) is 11.3. The van der Waals surface area contributed by atoms with E-state index in [-0.39, 0.29) is 11.9 Å². The lowest BCUT2D eigenvalue weighted by Gasteiger charge is -2.32. The molecule has 2 aromatic heterocycles. The third kappa shape index (κ3) is 2.10. The number of piperidine rings is 1. The smallest absolute Gasteiger partial charge is 0.275 e. The summed E-state index contributed by atoms with van der Waals surface area (Å²) in [4.78, 5) is 17.9. The van der Waals surface area contributed by atoms with Crippen molar-refractivity contribution in [1.82, 2.24) is 29.3 Å². The molecule has 1 atom stereocenters. The van der Waals surface area contributed by atoms with Gasteiger partial charge in [0.15, 0.2) is 5.69 Å². The van der Waals surface area contributed by atoms with E-state index in [0.29, 0.717) is 12.2 Å². The zero-order valence-corrected chi connectivity index (χ0v) is 10.5. The van der Waals surface area contributed by atoms with E-state index in [1.807, 2.05) is 9.58 Å². The van der Waals surface area contributed by atoms with Gasteiger partial charge >= 0.3 is 0 Å². The van der Waals surface area contributed by atoms with E-state index in [4.69, 9.17) is 0 Å². The van der Waals surface area contributed by atoms with Crippen LogP contribution in [0.5, 0.6) is 0 Å². The summed E-state index contributed by atoms with van der Waals surface area (Å²) in [6, 6.07) is 0.205. The molecule has 2 aromatic rings. The maximum absolute atomic E-state index is 12.2. The molecule has 1 fully saturated rings. The van der Waals surface area contributed by atoms with Crippen LogP contribution in [0.15, 0.2) is 18.0 Å². The molecule has 0 bridgehead atoms. The fraction of sp³-hybridized carbons (Fsp3) is 0.500. The van der Waals surface area contributed by atoms with Crippen LogP contribution in [0.25, 0.3) is 0 Å². The molecule has 3 rings (SSSR count). The Morgan fingerprint density at radius 1 is 1.50 bits per heavy atom. The first-order valence-corrected chi connectivity index (χ1v) is 6.58. The van der Waals surface area contributed by atoms with Crippen molar-refractivity contribution in [2.24, 2.45) is 0 Å². The van der Waals surface area contributed by atoms with E-state index in [9.17, 15) is 4.79 Å². The molecule has 3 heterocycles. The van der Waals surface area contributed by atoms with Gasteiger partial charge in [0.2, 0.25) is 0 Å². The molecule has 18 heavy (non-hydrogen) atoms. The van der Waals surface area contributed by atoms with Crippen LogP contribution in [0.2, 0.25) is 0 Å². The number of carbonyl (C=O) groups is 1. The largest absolute Gasteiger partial charge is 0.335 e. The molecule has 8 heteroatoms. The number of hydrogen-bond donors (Lipinski definition) is 0. The Kier molecular flexibility index (Phi) is 3.01. The second kappa shape index (κ2) is 4.81. The minimum Gasteiger partial charge on any atom is -0.335 e. The normalized spacial score (nSPS) is 20.0. The topological polar surface area (TPSA) is 76.8 Å². The summed E-state index contributed by atoms with van der Waals surface area (Å²) in [5.41, 5.74) is 0.430. The van der Waals surface area contributed by atoms with Crippen LogP contribution in [0, 0.1) is 0 Å². The molecule has 1 aliphatic rings. The number of rotatable bonds is 2. The number of nitrogens with zero attached hydrogens (tertiary/aromatic N) is 6. The maximum Gasteiger partial charge on any atom is 0.275 e. The van der Waals surface area contributed by atoms with Gasteiger partial charge in [-0.15, -0.1) is 5.10 Å². The van der Waals surface area contributed by atoms with Gasteiger partial charge < -0.3 is 4.90 Å². The standard InChI is InChI=1S/C10H12N6OS/c17-10(9-5-18-14-13-9)15-3-1-2-8(4-15)16-7-11-6-12-16/h5-8H,1-4H2/t8-/m0/s1. The minimum absolute atomic E-state index is 0.0476. The monoisotopic (exact) mass is 264 g/mol. The first-order chi connectivity index (χ1) is 8.84. The number of hydrogen-bond acceptors (Lipinski definition) is 6. The van der Waals surface area contributed by atoms with Gasteiger partial charge in [0.1, 0.15) is 12.7 Å². The Labute approximate surface area is 108 Å². The molecule has 0 aromatic carbocycles. The zero-order valence-electron chi connectivity index (χ0n) is 9.64. The third-order valence-electron chi connectivity index (χ3n) is 3.07. The molecule has 0 radical (unpaired) electrons. The van der Waals surface area contributed by atoms with Gasteiger partial charge in [0, 0.05) is 18.5 Å². The van der Waals surface area contributed by atoms with Gasteiger partial charge in [0.25, 0.3) is 5.91 Å². The molecule has 0 spiro atoms. The second-order valence-corrected chi connectivity index (χ2v) is 4.82. The molecule has 1 amide bonds. The Hall–Kier alpha value is -1.83. The lowest BCUT2D eigenvalue weighted by molar-refractivity contribution is 0.0667. The van der Waals surface area contributed by atoms with Crippen molar-refractivity contribution in [2.75, 3.05) is 13.1 Å². The summed E-state index contributed by atoms with van der Waals surface area (Å²) < 4.78 is 5.54. The zero-order chi connectivity index (χ0) is 12.4. The average molecular weight is 264 g/mol. The van der Waals surface area contributed by atoms with E-state index in [1.165, 1.54) is 17.9 Å². The van der Waals surface area contributed by atoms with Gasteiger partial charge in [-0.05, 0) is 24.4 Å². The minimum atomic E-state index is -0.0476. The summed E-state index contributed by atoms with van der Waals surface area (Å²) in [5.74, 6) is -0.0476. The highest BCUT2D eigenvalue weighted by Crippen LogP contribution is 2.21. The Morgan fingerprint density at radius 2 is 2.44 bits per heavy atom. The van der Waals surface area contributed by atoms with Crippen molar-refractivity contribution >= 4 is 17.4 Å². The van der Waals surface area contributed by atoms with Gasteiger partial charge in [-0.2, -0.15) is 5.10 Å². The molecule has 0 unspecified atom stereocenters. The summed E-state index contributed by atoms with van der Waals surface area (Å²) in [7, 11) is 0. The van der Waals surface area contributed by atoms with Gasteiger partial charge in [-0.3, -0.25) is 4.79 Å². The molecule has 0 N–H and O–H groups in total. The van der Waals surface area contributed by atoms with Crippen LogP contribution < -0.4 is 0 Å². The van der Waals surface area contributed by atoms with E-state index < -0.39 is 0 Å². The van der Waals surface area contributed by atoms with Crippen molar-refractivity contribution in [3.8, 4) is 0 Å². The average Bonchev–Trinajstić information content (AvgIpc) is 3.11. The van der Waals surface area contributed by atoms with Gasteiger partial charge in [-0.25, -0.2) is 9.67 Å². The van der Waals surface area contributed by atoms with E-state index in [0.717, 1.165) is 19.4 Å². The Balaban J connectivity index is 1.73. The number of aromatic nitrogens is 5. The van der Waals surface area contributed by atoms with Crippen molar-refractivity contribution < 1.29 is 4.79 Å². The predicted molar refractivity (Wildman–Crippen MR) is 64.1 cm³/mol. The molecule has 7 nitrogen and oxygen atoms in total. The van der Waals surface area contributed by atoms with Crippen LogP contribution in [-0.4, -0.2) is 48.2 Å². The molecule has 94 valence electrons. The van der Waals surface area contributed by atoms with Crippen LogP contribution >= 0.6 is 11.5 Å². The number of likely N-dealkylation sites (tertiary alicyclic amines) is 1. The summed E-state index contributed by atoms with van der Waals surface area (Å²) in [6.07, 6.45) is 5.20. The molecule has 1 aliphatic heterocycles. The Morgan fingerprint density at radius 3 is 3.17 bits per heavy atom. The van der Waals surface area contributed by atoms with Crippen molar-refractivity contribution in [3.63, 3.8) is 0 Å². The molecule has 0 aliphatic carbocycles. The fourth-order valence-electron chi connectivity index (χ4n) is 2.18. The van der Waals surface area contributed by atoms with E-state index in [1.54, 1.807) is 11.7 Å². The van der Waals surface area contributed by atoms with E-state index >= 15 is 0 Å². The van der Waals surface area contributed by atoms with Crippen LogP contribution in [0.3, 0.4) is 0 Å². The molecule has 0 saturated carbocycles. The van der Waals surface area contributed by atoms with E-state index in [2.05, 4.69) is 19.7 Å².